The van der Waals surface area contributed by atoms with Crippen LogP contribution in [0.3, 0.4) is 0 Å². The number of thioether (sulfide) groups is 1. The Labute approximate surface area is 175 Å². The highest BCUT2D eigenvalue weighted by Gasteiger charge is 2.54. The van der Waals surface area contributed by atoms with Crippen molar-refractivity contribution in [3.8, 4) is 0 Å². The third-order valence-electron chi connectivity index (χ3n) is 4.23. The molecule has 156 valence electrons. The predicted octanol–water partition coefficient (Wildman–Crippen LogP) is 0.655. The molecule has 3 rings (SSSR count). The quantitative estimate of drug-likeness (QED) is 0.356. The molecule has 1 aromatic rings. The smallest absolute Gasteiger partial charge is 0.357 e. The van der Waals surface area contributed by atoms with E-state index in [1.54, 1.807) is 0 Å². The normalized spacial score (nSPS) is 20.6. The van der Waals surface area contributed by atoms with Crippen LogP contribution in [0.1, 0.15) is 11.8 Å². The highest BCUT2D eigenvalue weighted by molar-refractivity contribution is 8.00. The summed E-state index contributed by atoms with van der Waals surface area (Å²) in [5.74, 6) is -1.55. The number of esters is 2. The van der Waals surface area contributed by atoms with E-state index >= 15 is 0 Å². The second-order valence-corrected chi connectivity index (χ2v) is 8.42. The second kappa shape index (κ2) is 9.42. The number of carbonyl (C=O) groups is 4. The molecule has 0 spiro atoms. The number of amides is 2. The number of fused-ring (bicyclic) bond motifs is 1. The van der Waals surface area contributed by atoms with E-state index in [-0.39, 0.29) is 31.4 Å². The lowest BCUT2D eigenvalue weighted by Crippen LogP contribution is -2.70. The minimum Gasteiger partial charge on any atom is -0.461 e. The molecule has 2 atom stereocenters. The van der Waals surface area contributed by atoms with Gasteiger partial charge in [0, 0.05) is 30.2 Å². The molecule has 2 aliphatic rings. The Morgan fingerprint density at radius 3 is 2.76 bits per heavy atom. The topological polar surface area (TPSA) is 111 Å². The number of nitrogens with zero attached hydrogens (tertiary/aromatic N) is 1. The average molecular weight is 440 g/mol. The van der Waals surface area contributed by atoms with Gasteiger partial charge in [0.2, 0.25) is 5.91 Å². The second-order valence-electron chi connectivity index (χ2n) is 6.28. The molecular weight excluding hydrogens is 420 g/mol. The molecule has 0 bridgehead atoms. The lowest BCUT2D eigenvalue weighted by Gasteiger charge is -2.49. The van der Waals surface area contributed by atoms with Crippen molar-refractivity contribution in [3.05, 3.63) is 33.7 Å². The molecule has 2 aliphatic heterocycles. The van der Waals surface area contributed by atoms with Crippen molar-refractivity contribution in [2.24, 2.45) is 0 Å². The summed E-state index contributed by atoms with van der Waals surface area (Å²) in [5, 5.41) is 4.19. The van der Waals surface area contributed by atoms with Crippen molar-refractivity contribution in [3.63, 3.8) is 0 Å². The Hall–Kier alpha value is -2.37. The van der Waals surface area contributed by atoms with E-state index in [4.69, 9.17) is 14.2 Å². The van der Waals surface area contributed by atoms with Crippen LogP contribution < -0.4 is 5.32 Å². The highest BCUT2D eigenvalue weighted by atomic mass is 32.2. The van der Waals surface area contributed by atoms with Crippen LogP contribution in [0.5, 0.6) is 0 Å². The molecule has 0 radical (unpaired) electrons. The zero-order valence-corrected chi connectivity index (χ0v) is 17.5. The van der Waals surface area contributed by atoms with Crippen LogP contribution in [0.2, 0.25) is 0 Å². The highest BCUT2D eigenvalue weighted by Crippen LogP contribution is 2.40. The number of carbonyl (C=O) groups excluding carboxylic acids is 4. The Balaban J connectivity index is 1.72. The fraction of sp³-hybridized carbons (Fsp3) is 0.444. The molecule has 29 heavy (non-hydrogen) atoms. The summed E-state index contributed by atoms with van der Waals surface area (Å²) in [6.07, 6.45) is 0.190. The van der Waals surface area contributed by atoms with E-state index in [0.717, 1.165) is 4.88 Å². The van der Waals surface area contributed by atoms with Gasteiger partial charge in [0.15, 0.2) is 6.79 Å². The Kier molecular flexibility index (Phi) is 6.93. The van der Waals surface area contributed by atoms with Gasteiger partial charge in [-0.15, -0.1) is 23.1 Å². The van der Waals surface area contributed by atoms with Gasteiger partial charge >= 0.3 is 11.9 Å². The molecule has 1 aromatic heterocycles. The van der Waals surface area contributed by atoms with Crippen molar-refractivity contribution >= 4 is 46.9 Å². The molecule has 11 heteroatoms. The standard InChI is InChI=1S/C18H20N2O7S2/c1-10(21)26-7-11-8-29-17-14(19-13(22)6-12-4-3-5-28-12)16(23)20(17)15(11)18(24)27-9-25-2/h3-5,14,17H,6-9H2,1-2H3,(H,19,22)/t14-,17-/m1/s1. The Bertz CT molecular complexity index is 837. The zero-order chi connectivity index (χ0) is 21.0. The van der Waals surface area contributed by atoms with Crippen molar-refractivity contribution in [1.82, 2.24) is 10.2 Å². The summed E-state index contributed by atoms with van der Waals surface area (Å²) < 4.78 is 14.8. The van der Waals surface area contributed by atoms with Gasteiger partial charge in [0.1, 0.15) is 23.7 Å². The van der Waals surface area contributed by atoms with Gasteiger partial charge in [0.25, 0.3) is 5.91 Å². The molecule has 0 aliphatic carbocycles. The van der Waals surface area contributed by atoms with Crippen LogP contribution in [0, 0.1) is 0 Å². The summed E-state index contributed by atoms with van der Waals surface area (Å²) in [7, 11) is 1.37. The summed E-state index contributed by atoms with van der Waals surface area (Å²) in [6, 6.07) is 2.98. The van der Waals surface area contributed by atoms with Gasteiger partial charge in [-0.1, -0.05) is 6.07 Å². The minimum atomic E-state index is -0.740. The summed E-state index contributed by atoms with van der Waals surface area (Å²) in [6.45, 7) is 0.867. The van der Waals surface area contributed by atoms with E-state index in [0.29, 0.717) is 11.3 Å². The molecule has 3 heterocycles. The number of methoxy groups -OCH3 is 1. The van der Waals surface area contributed by atoms with Gasteiger partial charge in [0.05, 0.1) is 6.42 Å². The van der Waals surface area contributed by atoms with Crippen LogP contribution in [-0.2, 0) is 39.8 Å². The van der Waals surface area contributed by atoms with E-state index in [1.807, 2.05) is 17.5 Å². The van der Waals surface area contributed by atoms with E-state index in [2.05, 4.69) is 5.32 Å². The average Bonchev–Trinajstić information content (AvgIpc) is 3.20. The first-order valence-electron chi connectivity index (χ1n) is 8.70. The number of β-lactam (4-membered cyclic amide) rings is 1. The van der Waals surface area contributed by atoms with Crippen molar-refractivity contribution in [2.75, 3.05) is 26.3 Å². The van der Waals surface area contributed by atoms with Crippen molar-refractivity contribution in [2.45, 2.75) is 24.8 Å². The summed E-state index contributed by atoms with van der Waals surface area (Å²) in [5.41, 5.74) is 0.514. The molecule has 1 N–H and O–H groups in total. The molecule has 0 aromatic carbocycles. The van der Waals surface area contributed by atoms with Crippen LogP contribution >= 0.6 is 23.1 Å². The maximum atomic E-state index is 12.7. The van der Waals surface area contributed by atoms with Crippen LogP contribution in [0.15, 0.2) is 28.8 Å². The van der Waals surface area contributed by atoms with Crippen LogP contribution in [0.25, 0.3) is 0 Å². The Morgan fingerprint density at radius 2 is 2.10 bits per heavy atom. The van der Waals surface area contributed by atoms with Gasteiger partial charge in [-0.25, -0.2) is 4.79 Å². The van der Waals surface area contributed by atoms with Crippen molar-refractivity contribution in [1.29, 1.82) is 0 Å². The monoisotopic (exact) mass is 440 g/mol. The number of hydrogen-bond donors (Lipinski definition) is 1. The number of nitrogens with one attached hydrogen (secondary N) is 1. The van der Waals surface area contributed by atoms with Crippen LogP contribution in [-0.4, -0.2) is 66.3 Å². The first-order chi connectivity index (χ1) is 13.9. The number of ether oxygens (including phenoxy) is 3. The molecule has 1 saturated heterocycles. The third kappa shape index (κ3) is 4.80. The number of rotatable bonds is 8. The molecule has 9 nitrogen and oxygen atoms in total. The maximum absolute atomic E-state index is 12.7. The largest absolute Gasteiger partial charge is 0.461 e. The lowest BCUT2D eigenvalue weighted by atomic mass is 10.0. The molecule has 1 fully saturated rings. The molecular formula is C18H20N2O7S2. The first kappa shape index (κ1) is 21.3. The number of hydrogen-bond acceptors (Lipinski definition) is 9. The summed E-state index contributed by atoms with van der Waals surface area (Å²) in [4.78, 5) is 50.8. The first-order valence-corrected chi connectivity index (χ1v) is 10.6. The molecule has 2 amide bonds. The lowest BCUT2D eigenvalue weighted by molar-refractivity contribution is -0.158. The minimum absolute atomic E-state index is 0.0424. The van der Waals surface area contributed by atoms with Gasteiger partial charge in [-0.05, 0) is 11.4 Å². The third-order valence-corrected chi connectivity index (χ3v) is 6.45. The van der Waals surface area contributed by atoms with E-state index in [9.17, 15) is 19.2 Å². The Morgan fingerprint density at radius 1 is 1.31 bits per heavy atom. The summed E-state index contributed by atoms with van der Waals surface area (Å²) >= 11 is 2.85. The van der Waals surface area contributed by atoms with E-state index in [1.165, 1.54) is 42.0 Å². The van der Waals surface area contributed by atoms with Gasteiger partial charge in [-0.3, -0.25) is 19.3 Å². The van der Waals surface area contributed by atoms with Crippen LogP contribution in [0.4, 0.5) is 0 Å². The SMILES string of the molecule is COCOC(=O)C1=C(COC(C)=O)CS[C@@H]2[C@H](NC(=O)Cc3cccs3)C(=O)N12. The zero-order valence-electron chi connectivity index (χ0n) is 15.8. The number of thiophene rings is 1. The van der Waals surface area contributed by atoms with Gasteiger partial charge in [-0.2, -0.15) is 0 Å². The molecule has 0 unspecified atom stereocenters. The fourth-order valence-electron chi connectivity index (χ4n) is 2.95. The van der Waals surface area contributed by atoms with Gasteiger partial charge < -0.3 is 19.5 Å². The van der Waals surface area contributed by atoms with E-state index < -0.39 is 29.3 Å². The predicted molar refractivity (Wildman–Crippen MR) is 105 cm³/mol. The maximum Gasteiger partial charge on any atom is 0.357 e. The fourth-order valence-corrected chi connectivity index (χ4v) is 4.98. The molecule has 0 saturated carbocycles. The van der Waals surface area contributed by atoms with Crippen molar-refractivity contribution < 1.29 is 33.4 Å².